The Morgan fingerprint density at radius 3 is 2.50 bits per heavy atom. The number of hydrogen-bond donors (Lipinski definition) is 1. The predicted octanol–water partition coefficient (Wildman–Crippen LogP) is 0.884. The van der Waals surface area contributed by atoms with E-state index in [9.17, 15) is 8.42 Å². The Bertz CT molecular complexity index is 899. The summed E-state index contributed by atoms with van der Waals surface area (Å²) in [4.78, 5) is 0.0453. The van der Waals surface area contributed by atoms with Crippen LogP contribution in [0.15, 0.2) is 47.4 Å². The Kier molecular flexibility index (Phi) is 6.48. The molecule has 28 heavy (non-hydrogen) atoms. The predicted molar refractivity (Wildman–Crippen MR) is 111 cm³/mol. The maximum absolute atomic E-state index is 13.5. The van der Waals surface area contributed by atoms with Crippen LogP contribution < -0.4 is 20.2 Å². The second-order valence-electron chi connectivity index (χ2n) is 6.64. The standard InChI is InChI=1S/C19H25BN2O5S/c1-25-17-9-6-15(21)13-18(17)28(23,24)22(16-7-4-14(20)5-8-16)10-2-3-19-26-11-12-27-19/h4-9,13,19H,2-3,10-12,20-21H2,1H3. The summed E-state index contributed by atoms with van der Waals surface area (Å²) in [6.07, 6.45) is 0.929. The van der Waals surface area contributed by atoms with Gasteiger partial charge in [0.25, 0.3) is 10.0 Å². The number of methoxy groups -OCH3 is 1. The first-order valence-corrected chi connectivity index (χ1v) is 10.6. The number of rotatable bonds is 8. The van der Waals surface area contributed by atoms with Gasteiger partial charge in [-0.15, -0.1) is 0 Å². The van der Waals surface area contributed by atoms with Crippen LogP contribution in [0.3, 0.4) is 0 Å². The van der Waals surface area contributed by atoms with Crippen molar-refractivity contribution in [3.8, 4) is 5.75 Å². The maximum Gasteiger partial charge on any atom is 0.268 e. The summed E-state index contributed by atoms with van der Waals surface area (Å²) >= 11 is 0. The van der Waals surface area contributed by atoms with Crippen molar-refractivity contribution in [3.05, 3.63) is 42.5 Å². The van der Waals surface area contributed by atoms with E-state index in [0.717, 1.165) is 5.46 Å². The lowest BCUT2D eigenvalue weighted by Crippen LogP contribution is -2.33. The smallest absolute Gasteiger partial charge is 0.268 e. The quantitative estimate of drug-likeness (QED) is 0.519. The molecule has 7 nitrogen and oxygen atoms in total. The van der Waals surface area contributed by atoms with E-state index < -0.39 is 10.0 Å². The highest BCUT2D eigenvalue weighted by Crippen LogP contribution is 2.31. The molecule has 0 aromatic heterocycles. The summed E-state index contributed by atoms with van der Waals surface area (Å²) in [5, 5.41) is 0. The minimum Gasteiger partial charge on any atom is -0.495 e. The number of hydrogen-bond acceptors (Lipinski definition) is 6. The maximum atomic E-state index is 13.5. The van der Waals surface area contributed by atoms with Crippen molar-refractivity contribution in [1.29, 1.82) is 0 Å². The molecule has 0 atom stereocenters. The number of nitrogens with zero attached hydrogens (tertiary/aromatic N) is 1. The molecule has 150 valence electrons. The second kappa shape index (κ2) is 8.85. The lowest BCUT2D eigenvalue weighted by Gasteiger charge is -2.26. The summed E-state index contributed by atoms with van der Waals surface area (Å²) < 4.78 is 44.6. The van der Waals surface area contributed by atoms with Crippen LogP contribution in [0.1, 0.15) is 12.8 Å². The third-order valence-corrected chi connectivity index (χ3v) is 6.42. The Morgan fingerprint density at radius 2 is 1.86 bits per heavy atom. The van der Waals surface area contributed by atoms with Crippen LogP contribution in [0.2, 0.25) is 0 Å². The van der Waals surface area contributed by atoms with Gasteiger partial charge >= 0.3 is 0 Å². The number of sulfonamides is 1. The molecule has 1 saturated heterocycles. The van der Waals surface area contributed by atoms with Crippen molar-refractivity contribution in [2.75, 3.05) is 36.9 Å². The molecule has 2 N–H and O–H groups in total. The molecule has 1 heterocycles. The van der Waals surface area contributed by atoms with Gasteiger partial charge in [-0.25, -0.2) is 8.42 Å². The van der Waals surface area contributed by atoms with Crippen LogP contribution in [0, 0.1) is 0 Å². The lowest BCUT2D eigenvalue weighted by molar-refractivity contribution is -0.0471. The first-order chi connectivity index (χ1) is 13.4. The van der Waals surface area contributed by atoms with Gasteiger partial charge in [0.2, 0.25) is 0 Å². The fourth-order valence-electron chi connectivity index (χ4n) is 3.09. The van der Waals surface area contributed by atoms with Crippen molar-refractivity contribution in [2.45, 2.75) is 24.0 Å². The molecule has 2 aromatic rings. The monoisotopic (exact) mass is 404 g/mol. The minimum absolute atomic E-state index is 0.0453. The Hall–Kier alpha value is -2.23. The van der Waals surface area contributed by atoms with Gasteiger partial charge < -0.3 is 19.9 Å². The molecular formula is C19H25BN2O5S. The Morgan fingerprint density at radius 1 is 1.18 bits per heavy atom. The van der Waals surface area contributed by atoms with Gasteiger partial charge in [-0.2, -0.15) is 0 Å². The van der Waals surface area contributed by atoms with E-state index in [0.29, 0.717) is 37.4 Å². The molecule has 0 amide bonds. The number of ether oxygens (including phenoxy) is 3. The largest absolute Gasteiger partial charge is 0.495 e. The molecule has 1 aliphatic rings. The van der Waals surface area contributed by atoms with E-state index in [-0.39, 0.29) is 23.5 Å². The van der Waals surface area contributed by atoms with Gasteiger partial charge in [0, 0.05) is 18.7 Å². The lowest BCUT2D eigenvalue weighted by atomic mass is 9.96. The zero-order chi connectivity index (χ0) is 20.1. The molecule has 0 radical (unpaired) electrons. The molecule has 0 unspecified atom stereocenters. The second-order valence-corrected chi connectivity index (χ2v) is 8.47. The van der Waals surface area contributed by atoms with Crippen LogP contribution in [0.25, 0.3) is 0 Å². The summed E-state index contributed by atoms with van der Waals surface area (Å²) in [6, 6.07) is 12.0. The number of nitrogens with two attached hydrogens (primary N) is 1. The first kappa shape index (κ1) is 20.5. The normalized spacial score (nSPS) is 14.9. The number of anilines is 2. The van der Waals surface area contributed by atoms with Gasteiger partial charge in [-0.1, -0.05) is 17.6 Å². The van der Waals surface area contributed by atoms with Crippen LogP contribution >= 0.6 is 0 Å². The minimum atomic E-state index is -3.88. The van der Waals surface area contributed by atoms with Gasteiger partial charge in [-0.3, -0.25) is 4.31 Å². The third kappa shape index (κ3) is 4.60. The fraction of sp³-hybridized carbons (Fsp3) is 0.368. The van der Waals surface area contributed by atoms with Crippen LogP contribution in [0.5, 0.6) is 5.75 Å². The molecule has 1 aliphatic heterocycles. The van der Waals surface area contributed by atoms with Crippen LogP contribution in [-0.4, -0.2) is 49.4 Å². The van der Waals surface area contributed by atoms with Crippen LogP contribution in [0.4, 0.5) is 11.4 Å². The van der Waals surface area contributed by atoms with Crippen LogP contribution in [-0.2, 0) is 19.5 Å². The van der Waals surface area contributed by atoms with Crippen molar-refractivity contribution in [2.24, 2.45) is 0 Å². The Balaban J connectivity index is 1.92. The van der Waals surface area contributed by atoms with Crippen molar-refractivity contribution in [3.63, 3.8) is 0 Å². The molecule has 1 fully saturated rings. The molecular weight excluding hydrogens is 379 g/mol. The summed E-state index contributed by atoms with van der Waals surface area (Å²) in [7, 11) is -0.485. The first-order valence-electron chi connectivity index (χ1n) is 9.18. The van der Waals surface area contributed by atoms with E-state index in [1.807, 2.05) is 20.0 Å². The number of benzene rings is 2. The van der Waals surface area contributed by atoms with E-state index in [1.54, 1.807) is 24.3 Å². The van der Waals surface area contributed by atoms with Gasteiger partial charge in [0.1, 0.15) is 18.5 Å². The summed E-state index contributed by atoms with van der Waals surface area (Å²) in [6.45, 7) is 1.43. The van der Waals surface area contributed by atoms with E-state index in [2.05, 4.69) is 0 Å². The zero-order valence-corrected chi connectivity index (χ0v) is 16.9. The molecule has 0 spiro atoms. The molecule has 3 rings (SSSR count). The van der Waals surface area contributed by atoms with E-state index in [1.165, 1.54) is 17.5 Å². The molecule has 0 bridgehead atoms. The van der Waals surface area contributed by atoms with Gasteiger partial charge in [-0.05, 0) is 36.8 Å². The topological polar surface area (TPSA) is 91.1 Å². The van der Waals surface area contributed by atoms with Crippen molar-refractivity contribution >= 4 is 34.7 Å². The molecule has 0 saturated carbocycles. The van der Waals surface area contributed by atoms with Gasteiger partial charge in [0.05, 0.1) is 26.0 Å². The summed E-state index contributed by atoms with van der Waals surface area (Å²) in [5.41, 5.74) is 7.84. The molecule has 0 aliphatic carbocycles. The third-order valence-electron chi connectivity index (χ3n) is 4.57. The molecule has 9 heteroatoms. The molecule has 2 aromatic carbocycles. The number of nitrogen functional groups attached to an aromatic ring is 1. The highest BCUT2D eigenvalue weighted by atomic mass is 32.2. The highest BCUT2D eigenvalue weighted by Gasteiger charge is 2.29. The Labute approximate surface area is 166 Å². The van der Waals surface area contributed by atoms with E-state index >= 15 is 0 Å². The average Bonchev–Trinajstić information content (AvgIpc) is 3.19. The summed E-state index contributed by atoms with van der Waals surface area (Å²) in [5.74, 6) is 0.258. The van der Waals surface area contributed by atoms with Crippen molar-refractivity contribution < 1.29 is 22.6 Å². The highest BCUT2D eigenvalue weighted by molar-refractivity contribution is 7.93. The van der Waals surface area contributed by atoms with E-state index in [4.69, 9.17) is 19.9 Å². The average molecular weight is 404 g/mol. The van der Waals surface area contributed by atoms with Crippen molar-refractivity contribution in [1.82, 2.24) is 0 Å². The van der Waals surface area contributed by atoms with Gasteiger partial charge in [0.15, 0.2) is 6.29 Å². The fourth-order valence-corrected chi connectivity index (χ4v) is 4.78. The zero-order valence-electron chi connectivity index (χ0n) is 16.1. The SMILES string of the molecule is Bc1ccc(N(CCCC2OCCO2)S(=O)(=O)c2cc(N)ccc2OC)cc1.